The molecule has 0 fully saturated rings. The number of phosphoric acid groups is 1. The summed E-state index contributed by atoms with van der Waals surface area (Å²) >= 11 is 0. The predicted molar refractivity (Wildman–Crippen MR) is 229 cm³/mol. The van der Waals surface area contributed by atoms with E-state index in [9.17, 15) is 19.0 Å². The number of unbranched alkanes of at least 4 members (excludes halogenated alkanes) is 14. The maximum Gasteiger partial charge on any atom is 0.472 e. The highest BCUT2D eigenvalue weighted by atomic mass is 31.2. The number of allylic oxidation sites excluding steroid dienone is 12. The zero-order valence-electron chi connectivity index (χ0n) is 34.6. The molecule has 0 aliphatic carbocycles. The smallest absolute Gasteiger partial charge is 0.462 e. The molecular formula is C45H78NO8P. The molecule has 0 aliphatic heterocycles. The van der Waals surface area contributed by atoms with E-state index in [1.165, 1.54) is 64.2 Å². The Kier molecular flexibility index (Phi) is 39.2. The van der Waals surface area contributed by atoms with Crippen molar-refractivity contribution in [2.45, 2.75) is 174 Å². The first kappa shape index (κ1) is 52.5. The van der Waals surface area contributed by atoms with Crippen molar-refractivity contribution in [2.75, 3.05) is 26.4 Å². The van der Waals surface area contributed by atoms with Crippen molar-refractivity contribution in [3.63, 3.8) is 0 Å². The van der Waals surface area contributed by atoms with E-state index in [2.05, 4.69) is 86.8 Å². The summed E-state index contributed by atoms with van der Waals surface area (Å²) in [5.74, 6) is -0.921. The molecule has 10 heteroatoms. The molecule has 0 radical (unpaired) electrons. The lowest BCUT2D eigenvalue weighted by Crippen LogP contribution is -2.29. The highest BCUT2D eigenvalue weighted by molar-refractivity contribution is 7.47. The van der Waals surface area contributed by atoms with Crippen LogP contribution >= 0.6 is 7.82 Å². The number of hydrogen-bond donors (Lipinski definition) is 2. The van der Waals surface area contributed by atoms with Crippen LogP contribution in [-0.2, 0) is 32.7 Å². The lowest BCUT2D eigenvalue weighted by Gasteiger charge is -2.19. The van der Waals surface area contributed by atoms with E-state index in [0.29, 0.717) is 12.8 Å². The van der Waals surface area contributed by atoms with Gasteiger partial charge in [0.1, 0.15) is 6.61 Å². The molecule has 0 saturated heterocycles. The minimum atomic E-state index is -4.40. The number of rotatable bonds is 39. The van der Waals surface area contributed by atoms with Crippen LogP contribution in [0, 0.1) is 0 Å². The molecule has 0 aromatic carbocycles. The summed E-state index contributed by atoms with van der Waals surface area (Å²) in [7, 11) is -4.40. The van der Waals surface area contributed by atoms with E-state index in [0.717, 1.165) is 64.2 Å². The van der Waals surface area contributed by atoms with Crippen molar-refractivity contribution in [1.29, 1.82) is 0 Å². The normalized spacial score (nSPS) is 14.0. The van der Waals surface area contributed by atoms with Gasteiger partial charge in [-0.3, -0.25) is 18.6 Å². The second-order valence-corrected chi connectivity index (χ2v) is 15.3. The number of phosphoric ester groups is 1. The van der Waals surface area contributed by atoms with Gasteiger partial charge in [-0.25, -0.2) is 4.57 Å². The molecule has 0 aliphatic rings. The Morgan fingerprint density at radius 3 is 1.49 bits per heavy atom. The summed E-state index contributed by atoms with van der Waals surface area (Å²) in [5, 5.41) is 0. The van der Waals surface area contributed by atoms with E-state index in [4.69, 9.17) is 24.3 Å². The molecule has 0 saturated carbocycles. The molecule has 1 unspecified atom stereocenters. The molecule has 0 aromatic rings. The van der Waals surface area contributed by atoms with E-state index in [-0.39, 0.29) is 32.6 Å². The molecule has 3 N–H and O–H groups in total. The molecule has 9 nitrogen and oxygen atoms in total. The van der Waals surface area contributed by atoms with Gasteiger partial charge in [-0.15, -0.1) is 0 Å². The standard InChI is InChI=1S/C45H78NO8P/c1-3-5-7-9-11-13-15-17-19-21-23-25-27-29-31-33-35-37-44(47)51-41-43(42-53-55(49,50)52-40-39-46)54-45(48)38-36-34-32-30-28-26-24-22-20-18-16-14-12-10-8-6-4-2/h12,14,17-20,23-26,29,31,43H,3-11,13,15-16,21-22,27-28,30,32-42,46H2,1-2H3,(H,49,50)/t43-/m1/s1. The van der Waals surface area contributed by atoms with Crippen LogP contribution in [0.1, 0.15) is 168 Å². The first-order chi connectivity index (χ1) is 26.8. The number of ether oxygens (including phenoxy) is 2. The highest BCUT2D eigenvalue weighted by Crippen LogP contribution is 2.43. The third-order valence-electron chi connectivity index (χ3n) is 8.56. The van der Waals surface area contributed by atoms with E-state index in [1.807, 2.05) is 0 Å². The van der Waals surface area contributed by atoms with Crippen molar-refractivity contribution in [1.82, 2.24) is 0 Å². The Labute approximate surface area is 335 Å². The second kappa shape index (κ2) is 41.1. The van der Waals surface area contributed by atoms with Crippen LogP contribution in [0.25, 0.3) is 0 Å². The van der Waals surface area contributed by atoms with Gasteiger partial charge in [0.05, 0.1) is 13.2 Å². The minimum absolute atomic E-state index is 0.0395. The van der Waals surface area contributed by atoms with Crippen LogP contribution in [0.3, 0.4) is 0 Å². The van der Waals surface area contributed by atoms with E-state index < -0.39 is 32.5 Å². The largest absolute Gasteiger partial charge is 0.472 e. The lowest BCUT2D eigenvalue weighted by atomic mass is 10.1. The van der Waals surface area contributed by atoms with Gasteiger partial charge in [0.25, 0.3) is 0 Å². The molecule has 2 atom stereocenters. The van der Waals surface area contributed by atoms with Crippen molar-refractivity contribution < 1.29 is 37.6 Å². The van der Waals surface area contributed by atoms with E-state index >= 15 is 0 Å². The van der Waals surface area contributed by atoms with Gasteiger partial charge in [-0.05, 0) is 83.5 Å². The van der Waals surface area contributed by atoms with Gasteiger partial charge in [0.2, 0.25) is 0 Å². The topological polar surface area (TPSA) is 134 Å². The molecule has 0 rings (SSSR count). The van der Waals surface area contributed by atoms with Crippen LogP contribution < -0.4 is 5.73 Å². The van der Waals surface area contributed by atoms with E-state index in [1.54, 1.807) is 0 Å². The SMILES string of the molecule is CCCCCC=CCC=CCC=CCCCCCCC(=O)O[C@H](COC(=O)CCCC=CCC=CCC=CCCCCCCCC)COP(=O)(O)OCCN. The Morgan fingerprint density at radius 2 is 0.964 bits per heavy atom. The first-order valence-corrected chi connectivity index (χ1v) is 22.9. The highest BCUT2D eigenvalue weighted by Gasteiger charge is 2.25. The van der Waals surface area contributed by atoms with Crippen molar-refractivity contribution >= 4 is 19.8 Å². The Morgan fingerprint density at radius 1 is 0.545 bits per heavy atom. The predicted octanol–water partition coefficient (Wildman–Crippen LogP) is 12.3. The van der Waals surface area contributed by atoms with Gasteiger partial charge >= 0.3 is 19.8 Å². The monoisotopic (exact) mass is 792 g/mol. The summed E-state index contributed by atoms with van der Waals surface area (Å²) in [6.45, 7) is 3.60. The van der Waals surface area contributed by atoms with Crippen molar-refractivity contribution in [3.8, 4) is 0 Å². The Hall–Kier alpha value is -2.55. The summed E-state index contributed by atoms with van der Waals surface area (Å²) < 4.78 is 32.7. The number of hydrogen-bond acceptors (Lipinski definition) is 8. The molecular weight excluding hydrogens is 713 g/mol. The van der Waals surface area contributed by atoms with Crippen molar-refractivity contribution in [2.24, 2.45) is 5.73 Å². The van der Waals surface area contributed by atoms with Gasteiger partial charge in [-0.1, -0.05) is 145 Å². The third kappa shape index (κ3) is 40.9. The second-order valence-electron chi connectivity index (χ2n) is 13.8. The fraction of sp³-hybridized carbons (Fsp3) is 0.689. The van der Waals surface area contributed by atoms with Gasteiger partial charge in [0, 0.05) is 19.4 Å². The average molecular weight is 792 g/mol. The maximum absolute atomic E-state index is 12.6. The fourth-order valence-corrected chi connectivity index (χ4v) is 6.13. The van der Waals surface area contributed by atoms with Crippen LogP contribution in [-0.4, -0.2) is 49.3 Å². The molecule has 0 spiro atoms. The Bertz CT molecular complexity index is 1130. The number of carbonyl (C=O) groups excluding carboxylic acids is 2. The molecule has 0 heterocycles. The van der Waals surface area contributed by atoms with Gasteiger partial charge in [0.15, 0.2) is 6.10 Å². The summed E-state index contributed by atoms with van der Waals surface area (Å²) in [4.78, 5) is 34.8. The van der Waals surface area contributed by atoms with Crippen LogP contribution in [0.5, 0.6) is 0 Å². The zero-order chi connectivity index (χ0) is 40.3. The lowest BCUT2D eigenvalue weighted by molar-refractivity contribution is -0.161. The minimum Gasteiger partial charge on any atom is -0.462 e. The van der Waals surface area contributed by atoms with Crippen LogP contribution in [0.2, 0.25) is 0 Å². The quantitative estimate of drug-likeness (QED) is 0.0270. The Balaban J connectivity index is 4.31. The maximum atomic E-state index is 12.6. The third-order valence-corrected chi connectivity index (χ3v) is 9.55. The molecule has 55 heavy (non-hydrogen) atoms. The number of esters is 2. The summed E-state index contributed by atoms with van der Waals surface area (Å²) in [5.41, 5.74) is 5.34. The van der Waals surface area contributed by atoms with Gasteiger partial charge < -0.3 is 20.1 Å². The molecule has 0 bridgehead atoms. The number of nitrogens with two attached hydrogens (primary N) is 1. The first-order valence-electron chi connectivity index (χ1n) is 21.4. The number of carbonyl (C=O) groups is 2. The van der Waals surface area contributed by atoms with Gasteiger partial charge in [-0.2, -0.15) is 0 Å². The van der Waals surface area contributed by atoms with Crippen LogP contribution in [0.15, 0.2) is 72.9 Å². The van der Waals surface area contributed by atoms with Crippen LogP contribution in [0.4, 0.5) is 0 Å². The molecule has 316 valence electrons. The molecule has 0 aromatic heterocycles. The molecule has 0 amide bonds. The average Bonchev–Trinajstić information content (AvgIpc) is 3.17. The van der Waals surface area contributed by atoms with Crippen molar-refractivity contribution in [3.05, 3.63) is 72.9 Å². The summed E-state index contributed by atoms with van der Waals surface area (Å²) in [6.07, 6.45) is 49.4. The summed E-state index contributed by atoms with van der Waals surface area (Å²) in [6, 6.07) is 0. The fourth-order valence-electron chi connectivity index (χ4n) is 5.36. The zero-order valence-corrected chi connectivity index (χ0v) is 35.5.